The second-order valence-electron chi connectivity index (χ2n) is 12.4. The summed E-state index contributed by atoms with van der Waals surface area (Å²) in [5.41, 5.74) is 7.69. The molecule has 1 heterocycles. The van der Waals surface area contributed by atoms with Crippen LogP contribution in [0.3, 0.4) is 0 Å². The van der Waals surface area contributed by atoms with Crippen LogP contribution in [0.4, 0.5) is 31.9 Å². The molecular formula is C36H39FN5O3S2+. The fourth-order valence-electron chi connectivity index (χ4n) is 5.51. The zero-order chi connectivity index (χ0) is 33.8. The van der Waals surface area contributed by atoms with E-state index in [2.05, 4.69) is 31.4 Å². The highest BCUT2D eigenvalue weighted by Crippen LogP contribution is 2.50. The van der Waals surface area contributed by atoms with Gasteiger partial charge in [0.05, 0.1) is 5.69 Å². The van der Waals surface area contributed by atoms with E-state index >= 15 is 9.18 Å². The van der Waals surface area contributed by atoms with E-state index in [9.17, 15) is 9.59 Å². The Morgan fingerprint density at radius 3 is 2.26 bits per heavy atom. The fourth-order valence-corrected chi connectivity index (χ4v) is 7.45. The Balaban J connectivity index is 1.80. The molecular weight excluding hydrogens is 634 g/mol. The van der Waals surface area contributed by atoms with Crippen LogP contribution in [0.5, 0.6) is 0 Å². The topological polar surface area (TPSA) is 105 Å². The van der Waals surface area contributed by atoms with Gasteiger partial charge in [0.2, 0.25) is 6.04 Å². The Bertz CT molecular complexity index is 1770. The van der Waals surface area contributed by atoms with Gasteiger partial charge in [0.15, 0.2) is 11.1 Å². The Hall–Kier alpha value is -4.32. The standard InChI is InChI=1S/C36H38FN5O3S2/c1-36(2,3)21-22-42(47-32(40-35(38)45)24-13-12-16-26(23-24)46-4)30-20-11-10-19-29(30)41(28-18-9-8-17-27(28)37)33(43)31(34(42)44)39-25-14-6-5-7-15-25/h5-20,23,31-32,39H,21-22H2,1-4H3,(H2-,38,40,45)/p+1. The summed E-state index contributed by atoms with van der Waals surface area (Å²) in [7, 11) is 0. The number of hydrogen-bond donors (Lipinski definition) is 3. The molecule has 0 aromatic heterocycles. The Morgan fingerprint density at radius 2 is 1.60 bits per heavy atom. The smallest absolute Gasteiger partial charge is 0.362 e. The first kappa shape index (κ1) is 34.0. The highest BCUT2D eigenvalue weighted by molar-refractivity contribution is 7.99. The van der Waals surface area contributed by atoms with Crippen molar-refractivity contribution in [1.29, 1.82) is 0 Å². The number of primary amides is 1. The van der Waals surface area contributed by atoms with Crippen LogP contribution in [-0.2, 0) is 9.59 Å². The summed E-state index contributed by atoms with van der Waals surface area (Å²) < 4.78 is 15.2. The lowest BCUT2D eigenvalue weighted by molar-refractivity contribution is -0.131. The number of nitrogens with zero attached hydrogens (tertiary/aromatic N) is 2. The molecule has 0 saturated heterocycles. The molecule has 0 spiro atoms. The van der Waals surface area contributed by atoms with E-state index in [4.69, 9.17) is 5.73 Å². The Kier molecular flexibility index (Phi) is 10.3. The molecule has 1 aliphatic rings. The number of anilines is 3. The Morgan fingerprint density at radius 1 is 0.936 bits per heavy atom. The van der Waals surface area contributed by atoms with Gasteiger partial charge in [-0.1, -0.05) is 75.4 Å². The zero-order valence-corrected chi connectivity index (χ0v) is 28.4. The molecule has 0 radical (unpaired) electrons. The number of thioether (sulfide) groups is 1. The predicted octanol–water partition coefficient (Wildman–Crippen LogP) is 7.99. The summed E-state index contributed by atoms with van der Waals surface area (Å²) in [6, 6.07) is 27.6. The maximum absolute atomic E-state index is 15.6. The number of nitrogens with two attached hydrogens (primary N) is 1. The van der Waals surface area contributed by atoms with Crippen LogP contribution in [0.2, 0.25) is 0 Å². The minimum atomic E-state index is -1.43. The molecule has 244 valence electrons. The lowest BCUT2D eigenvalue weighted by atomic mass is 9.92. The summed E-state index contributed by atoms with van der Waals surface area (Å²) in [5, 5.41) is 5.26. The maximum atomic E-state index is 15.6. The average molecular weight is 673 g/mol. The first-order valence-corrected chi connectivity index (χ1v) is 17.3. The van der Waals surface area contributed by atoms with Crippen molar-refractivity contribution in [2.24, 2.45) is 11.1 Å². The first-order valence-electron chi connectivity index (χ1n) is 15.2. The number of carbonyl (C=O) groups excluding carboxylic acids is 3. The maximum Gasteiger partial charge on any atom is 0.362 e. The van der Waals surface area contributed by atoms with Crippen LogP contribution in [0.15, 0.2) is 108 Å². The quantitative estimate of drug-likeness (QED) is 0.0519. The molecule has 0 aliphatic carbocycles. The number of quaternary nitrogens is 1. The number of carbonyl (C=O) groups is 3. The molecule has 8 nitrogen and oxygen atoms in total. The van der Waals surface area contributed by atoms with Crippen molar-refractivity contribution in [2.45, 2.75) is 43.5 Å². The molecule has 4 aromatic carbocycles. The number of para-hydroxylation sites is 4. The lowest BCUT2D eigenvalue weighted by Gasteiger charge is -2.38. The number of nitrogens with one attached hydrogen (secondary N) is 2. The summed E-state index contributed by atoms with van der Waals surface area (Å²) in [6.45, 7) is 6.51. The van der Waals surface area contributed by atoms with Crippen LogP contribution in [0, 0.1) is 11.2 Å². The molecule has 11 heteroatoms. The largest absolute Gasteiger partial charge is 0.363 e. The Labute approximate surface area is 283 Å². The fraction of sp³-hybridized carbons (Fsp3) is 0.250. The minimum absolute atomic E-state index is 0.0258. The van der Waals surface area contributed by atoms with Gasteiger partial charge in [0.25, 0.3) is 5.91 Å². The number of amides is 4. The van der Waals surface area contributed by atoms with Crippen LogP contribution >= 0.6 is 23.7 Å². The molecule has 0 saturated carbocycles. The van der Waals surface area contributed by atoms with Gasteiger partial charge < -0.3 is 16.4 Å². The van der Waals surface area contributed by atoms with Crippen molar-refractivity contribution < 1.29 is 18.8 Å². The van der Waals surface area contributed by atoms with Gasteiger partial charge >= 0.3 is 11.9 Å². The highest BCUT2D eigenvalue weighted by atomic mass is 32.2. The van der Waals surface area contributed by atoms with Gasteiger partial charge in [0, 0.05) is 23.1 Å². The zero-order valence-electron chi connectivity index (χ0n) is 26.8. The first-order chi connectivity index (χ1) is 22.4. The number of benzene rings is 4. The molecule has 47 heavy (non-hydrogen) atoms. The predicted molar refractivity (Wildman–Crippen MR) is 191 cm³/mol. The second-order valence-corrected chi connectivity index (χ2v) is 14.6. The van der Waals surface area contributed by atoms with E-state index in [1.165, 1.54) is 29.0 Å². The van der Waals surface area contributed by atoms with Crippen molar-refractivity contribution >= 4 is 64.3 Å². The van der Waals surface area contributed by atoms with Crippen molar-refractivity contribution in [3.63, 3.8) is 0 Å². The summed E-state index contributed by atoms with van der Waals surface area (Å²) in [4.78, 5) is 44.9. The average Bonchev–Trinajstić information content (AvgIpc) is 3.12. The third-order valence-electron chi connectivity index (χ3n) is 7.89. The summed E-state index contributed by atoms with van der Waals surface area (Å²) in [6.07, 6.45) is 2.53. The van der Waals surface area contributed by atoms with Crippen molar-refractivity contribution in [2.75, 3.05) is 23.0 Å². The SMILES string of the molecule is CSc1cccc(C(NC(N)=O)S[N+]2(CCC(C)(C)C)C(=O)C(Nc3ccccc3)C(=O)N(c3ccccc3F)c3ccccc32)c1. The van der Waals surface area contributed by atoms with Gasteiger partial charge in [-0.25, -0.2) is 14.0 Å². The molecule has 0 bridgehead atoms. The summed E-state index contributed by atoms with van der Waals surface area (Å²) >= 11 is 2.74. The van der Waals surface area contributed by atoms with E-state index in [0.717, 1.165) is 10.5 Å². The van der Waals surface area contributed by atoms with Gasteiger partial charge in [-0.2, -0.15) is 3.89 Å². The number of rotatable bonds is 10. The number of urea groups is 1. The third kappa shape index (κ3) is 7.48. The van der Waals surface area contributed by atoms with E-state index in [1.807, 2.05) is 36.6 Å². The van der Waals surface area contributed by atoms with E-state index in [-0.39, 0.29) is 17.6 Å². The molecule has 1 aliphatic heterocycles. The normalized spacial score (nSPS) is 18.7. The number of fused-ring (bicyclic) bond motifs is 1. The van der Waals surface area contributed by atoms with Crippen molar-refractivity contribution in [1.82, 2.24) is 9.21 Å². The minimum Gasteiger partial charge on any atom is -0.363 e. The molecule has 3 unspecified atom stereocenters. The second kappa shape index (κ2) is 14.2. The summed E-state index contributed by atoms with van der Waals surface area (Å²) in [5.74, 6) is -1.70. The van der Waals surface area contributed by atoms with Crippen LogP contribution in [-0.4, -0.2) is 36.7 Å². The number of halogens is 1. The third-order valence-corrected chi connectivity index (χ3v) is 10.1. The highest BCUT2D eigenvalue weighted by Gasteiger charge is 2.56. The van der Waals surface area contributed by atoms with Gasteiger partial charge in [0.1, 0.15) is 30.0 Å². The van der Waals surface area contributed by atoms with Gasteiger partial charge in [-0.15, -0.1) is 11.8 Å². The monoisotopic (exact) mass is 672 g/mol. The number of hydrogen-bond acceptors (Lipinski definition) is 6. The molecule has 4 aromatic rings. The van der Waals surface area contributed by atoms with Crippen LogP contribution in [0.25, 0.3) is 0 Å². The van der Waals surface area contributed by atoms with Crippen LogP contribution in [0.1, 0.15) is 38.1 Å². The lowest BCUT2D eigenvalue weighted by Crippen LogP contribution is -2.58. The van der Waals surface area contributed by atoms with Gasteiger partial charge in [-0.05, 0) is 59.7 Å². The van der Waals surface area contributed by atoms with E-state index in [1.54, 1.807) is 72.4 Å². The molecule has 3 atom stereocenters. The van der Waals surface area contributed by atoms with Crippen LogP contribution < -0.4 is 25.2 Å². The van der Waals surface area contributed by atoms with E-state index < -0.39 is 39.0 Å². The van der Waals surface area contributed by atoms with Gasteiger partial charge in [-0.3, -0.25) is 9.69 Å². The molecule has 0 fully saturated rings. The van der Waals surface area contributed by atoms with Crippen molar-refractivity contribution in [3.8, 4) is 0 Å². The van der Waals surface area contributed by atoms with Crippen molar-refractivity contribution in [3.05, 3.63) is 115 Å². The molecule has 5 rings (SSSR count). The van der Waals surface area contributed by atoms with E-state index in [0.29, 0.717) is 23.5 Å². The molecule has 4 N–H and O–H groups in total. The molecule has 4 amide bonds.